The molecule has 2 heterocycles. The lowest BCUT2D eigenvalue weighted by molar-refractivity contribution is -0.146. The van der Waals surface area contributed by atoms with Gasteiger partial charge in [-0.1, -0.05) is 44.0 Å². The van der Waals surface area contributed by atoms with Crippen LogP contribution in [0, 0.1) is 11.8 Å². The van der Waals surface area contributed by atoms with Gasteiger partial charge in [0.25, 0.3) is 0 Å². The van der Waals surface area contributed by atoms with Gasteiger partial charge in [-0.25, -0.2) is 0 Å². The number of carboxylic acids is 1. The van der Waals surface area contributed by atoms with Gasteiger partial charge in [0.2, 0.25) is 0 Å². The van der Waals surface area contributed by atoms with Crippen LogP contribution in [0.2, 0.25) is 0 Å². The maximum Gasteiger partial charge on any atom is 0.420 e. The topological polar surface area (TPSA) is 49.8 Å². The van der Waals surface area contributed by atoms with E-state index in [9.17, 15) is 23.1 Å². The first-order valence-electron chi connectivity index (χ1n) is 14.0. The summed E-state index contributed by atoms with van der Waals surface area (Å²) in [5, 5.41) is 10.3. The molecule has 3 atom stereocenters. The molecule has 202 valence electrons. The third kappa shape index (κ3) is 5.76. The van der Waals surface area contributed by atoms with Gasteiger partial charge < -0.3 is 9.84 Å². The van der Waals surface area contributed by atoms with Crippen molar-refractivity contribution >= 4 is 16.7 Å². The number of hydrogen-bond donors (Lipinski definition) is 1. The number of carboxylic acid groups (broad SMARTS) is 1. The molecule has 5 rings (SSSR count). The van der Waals surface area contributed by atoms with Gasteiger partial charge >= 0.3 is 12.1 Å². The van der Waals surface area contributed by atoms with Crippen LogP contribution in [-0.4, -0.2) is 40.7 Å². The fraction of sp³-hybridized carbons (Fsp3) is 0.633. The summed E-state index contributed by atoms with van der Waals surface area (Å²) >= 11 is 0. The molecule has 0 amide bonds. The molecule has 0 spiro atoms. The van der Waals surface area contributed by atoms with E-state index in [4.69, 9.17) is 4.74 Å². The molecule has 7 heteroatoms. The van der Waals surface area contributed by atoms with E-state index < -0.39 is 17.7 Å². The lowest BCUT2D eigenvalue weighted by atomic mass is 9.78. The van der Waals surface area contributed by atoms with Crippen LogP contribution in [0.15, 0.2) is 30.3 Å². The van der Waals surface area contributed by atoms with Gasteiger partial charge in [-0.3, -0.25) is 9.69 Å². The van der Waals surface area contributed by atoms with Crippen molar-refractivity contribution in [1.29, 1.82) is 0 Å². The monoisotopic (exact) mass is 517 g/mol. The third-order valence-corrected chi connectivity index (χ3v) is 9.13. The van der Waals surface area contributed by atoms with Crippen molar-refractivity contribution in [3.05, 3.63) is 41.5 Å². The fourth-order valence-electron chi connectivity index (χ4n) is 7.05. The number of fused-ring (bicyclic) bond motifs is 3. The predicted molar refractivity (Wildman–Crippen MR) is 138 cm³/mol. The molecule has 2 saturated heterocycles. The average Bonchev–Trinajstić information content (AvgIpc) is 2.86. The van der Waals surface area contributed by atoms with Gasteiger partial charge in [-0.05, 0) is 86.1 Å². The number of rotatable bonds is 7. The maximum atomic E-state index is 14.2. The van der Waals surface area contributed by atoms with E-state index in [1.54, 1.807) is 12.1 Å². The Morgan fingerprint density at radius 1 is 1.03 bits per heavy atom. The molecule has 0 aromatic heterocycles. The summed E-state index contributed by atoms with van der Waals surface area (Å²) in [5.74, 6) is -0.350. The number of carbonyl (C=O) groups is 1. The van der Waals surface area contributed by atoms with E-state index >= 15 is 0 Å². The Morgan fingerprint density at radius 2 is 1.73 bits per heavy atom. The molecule has 2 bridgehead atoms. The number of hydrogen-bond acceptors (Lipinski definition) is 3. The summed E-state index contributed by atoms with van der Waals surface area (Å²) in [4.78, 5) is 14.0. The van der Waals surface area contributed by atoms with Crippen molar-refractivity contribution in [3.63, 3.8) is 0 Å². The van der Waals surface area contributed by atoms with E-state index in [0.29, 0.717) is 24.1 Å². The molecular formula is C30H38F3NO3. The van der Waals surface area contributed by atoms with E-state index in [0.717, 1.165) is 69.9 Å². The van der Waals surface area contributed by atoms with Crippen molar-refractivity contribution < 1.29 is 27.8 Å². The van der Waals surface area contributed by atoms with Crippen LogP contribution in [-0.2, 0) is 17.4 Å². The summed E-state index contributed by atoms with van der Waals surface area (Å²) in [6.45, 7) is 2.97. The zero-order chi connectivity index (χ0) is 26.2. The normalized spacial score (nSPS) is 28.8. The van der Waals surface area contributed by atoms with Crippen molar-refractivity contribution in [2.75, 3.05) is 6.54 Å². The highest BCUT2D eigenvalue weighted by Gasteiger charge is 2.40. The molecule has 1 N–H and O–H groups in total. The van der Waals surface area contributed by atoms with Crippen molar-refractivity contribution in [1.82, 2.24) is 4.90 Å². The largest absolute Gasteiger partial charge is 0.490 e. The summed E-state index contributed by atoms with van der Waals surface area (Å²) in [6.07, 6.45) is 5.39. The first-order valence-corrected chi connectivity index (χ1v) is 14.0. The number of piperidine rings is 2. The van der Waals surface area contributed by atoms with Gasteiger partial charge in [0.05, 0.1) is 12.0 Å². The van der Waals surface area contributed by atoms with Crippen molar-refractivity contribution in [3.8, 4) is 5.75 Å². The molecule has 2 aromatic rings. The second-order valence-corrected chi connectivity index (χ2v) is 11.4. The van der Waals surface area contributed by atoms with Crippen LogP contribution in [0.4, 0.5) is 13.2 Å². The Balaban J connectivity index is 1.32. The minimum atomic E-state index is -4.50. The summed E-state index contributed by atoms with van der Waals surface area (Å²) in [5.41, 5.74) is 0.338. The summed E-state index contributed by atoms with van der Waals surface area (Å²) in [6, 6.07) is 9.13. The van der Waals surface area contributed by atoms with E-state index in [1.165, 1.54) is 6.07 Å². The standard InChI is InChI=1S/C30H38F3NO3/c1-2-19-6-10-25(11-7-19)37-27-13-9-21-16-20(8-12-26(21)28(27)30(31,32)33)14-15-34-23-4-3-5-24(34)18-22(17-23)29(35)36/h8-9,12-13,16,19,22-25H,2-7,10-11,14-15,17-18H2,1H3,(H,35,36)/t19-,22?,23-,24?,25+/m0/s1. The number of nitrogens with zero attached hydrogens (tertiary/aromatic N) is 1. The van der Waals surface area contributed by atoms with Crippen LogP contribution in [0.5, 0.6) is 5.75 Å². The molecular weight excluding hydrogens is 479 g/mol. The molecule has 1 saturated carbocycles. The fourth-order valence-corrected chi connectivity index (χ4v) is 7.05. The Morgan fingerprint density at radius 3 is 2.35 bits per heavy atom. The zero-order valence-corrected chi connectivity index (χ0v) is 21.6. The van der Waals surface area contributed by atoms with Gasteiger partial charge in [0.15, 0.2) is 0 Å². The maximum absolute atomic E-state index is 14.2. The first-order chi connectivity index (χ1) is 17.7. The molecule has 4 nitrogen and oxygen atoms in total. The van der Waals surface area contributed by atoms with Crippen LogP contribution in [0.25, 0.3) is 10.8 Å². The lowest BCUT2D eigenvalue weighted by Gasteiger charge is -2.48. The quantitative estimate of drug-likeness (QED) is 0.414. The van der Waals surface area contributed by atoms with Gasteiger partial charge in [0.1, 0.15) is 11.3 Å². The SMILES string of the molecule is CC[C@H]1CC[C@@H](Oc2ccc3cc(CCN4C5CCC[C@H]4CC(C(=O)O)C5)ccc3c2C(F)(F)F)CC1. The second-order valence-electron chi connectivity index (χ2n) is 11.4. The molecule has 1 aliphatic carbocycles. The van der Waals surface area contributed by atoms with Gasteiger partial charge in [-0.15, -0.1) is 0 Å². The van der Waals surface area contributed by atoms with Crippen LogP contribution in [0.1, 0.15) is 82.3 Å². The van der Waals surface area contributed by atoms with Gasteiger partial charge in [0, 0.05) is 18.6 Å². The number of ether oxygens (including phenoxy) is 1. The Hall–Kier alpha value is -2.28. The number of benzene rings is 2. The van der Waals surface area contributed by atoms with Crippen LogP contribution in [0.3, 0.4) is 0 Å². The second kappa shape index (κ2) is 10.8. The zero-order valence-electron chi connectivity index (χ0n) is 21.6. The number of aliphatic carboxylic acids is 1. The predicted octanol–water partition coefficient (Wildman–Crippen LogP) is 7.47. The van der Waals surface area contributed by atoms with Crippen LogP contribution < -0.4 is 4.74 Å². The Bertz CT molecular complexity index is 1100. The number of halogens is 3. The minimum Gasteiger partial charge on any atom is -0.490 e. The highest BCUT2D eigenvalue weighted by molar-refractivity contribution is 5.89. The Labute approximate surface area is 217 Å². The van der Waals surface area contributed by atoms with Crippen LogP contribution >= 0.6 is 0 Å². The average molecular weight is 518 g/mol. The Kier molecular flexibility index (Phi) is 7.71. The van der Waals surface area contributed by atoms with E-state index in [1.807, 2.05) is 12.1 Å². The molecule has 0 radical (unpaired) electrons. The smallest absolute Gasteiger partial charge is 0.420 e. The van der Waals surface area contributed by atoms with E-state index in [2.05, 4.69) is 11.8 Å². The highest BCUT2D eigenvalue weighted by Crippen LogP contribution is 2.43. The summed E-state index contributed by atoms with van der Waals surface area (Å²) < 4.78 is 48.7. The molecule has 2 unspecified atom stereocenters. The minimum absolute atomic E-state index is 0.0539. The number of alkyl halides is 3. The molecule has 3 fully saturated rings. The molecule has 2 aliphatic heterocycles. The van der Waals surface area contributed by atoms with E-state index in [-0.39, 0.29) is 35.2 Å². The first kappa shape index (κ1) is 26.3. The lowest BCUT2D eigenvalue weighted by Crippen LogP contribution is -2.53. The van der Waals surface area contributed by atoms with Gasteiger partial charge in [-0.2, -0.15) is 13.2 Å². The van der Waals surface area contributed by atoms with Crippen molar-refractivity contribution in [2.45, 2.75) is 102 Å². The third-order valence-electron chi connectivity index (χ3n) is 9.13. The molecule has 2 aromatic carbocycles. The molecule has 3 aliphatic rings. The highest BCUT2D eigenvalue weighted by atomic mass is 19.4. The molecule has 37 heavy (non-hydrogen) atoms. The van der Waals surface area contributed by atoms with Crippen molar-refractivity contribution in [2.24, 2.45) is 11.8 Å². The summed E-state index contributed by atoms with van der Waals surface area (Å²) in [7, 11) is 0.